The number of carbonyl (C=O) groups is 2. The van der Waals surface area contributed by atoms with Gasteiger partial charge in [0.25, 0.3) is 0 Å². The molecule has 0 amide bonds. The summed E-state index contributed by atoms with van der Waals surface area (Å²) in [5, 5.41) is 18.2. The Bertz CT molecular complexity index is 540. The fraction of sp³-hybridized carbons (Fsp3) is 0.167. The van der Waals surface area contributed by atoms with Gasteiger partial charge in [-0.2, -0.15) is 0 Å². The van der Waals surface area contributed by atoms with E-state index in [1.807, 2.05) is 0 Å². The molecule has 19 heavy (non-hydrogen) atoms. The van der Waals surface area contributed by atoms with Crippen molar-refractivity contribution < 1.29 is 39.3 Å². The van der Waals surface area contributed by atoms with Gasteiger partial charge >= 0.3 is 11.9 Å². The van der Waals surface area contributed by atoms with Crippen molar-refractivity contribution in [1.29, 1.82) is 0 Å². The second-order valence-corrected chi connectivity index (χ2v) is 3.86. The van der Waals surface area contributed by atoms with Crippen LogP contribution in [0.2, 0.25) is 0 Å². The average molecular weight is 347 g/mol. The number of aromatic nitrogens is 1. The zero-order valence-corrected chi connectivity index (χ0v) is 11.4. The van der Waals surface area contributed by atoms with Crippen molar-refractivity contribution in [1.82, 2.24) is 4.98 Å². The molecule has 7 heteroatoms. The molecule has 100 valence electrons. The summed E-state index contributed by atoms with van der Waals surface area (Å²) in [4.78, 5) is 30.4. The smallest absolute Gasteiger partial charge is 0.325 e. The number of rotatable bonds is 3. The molecule has 0 fully saturated rings. The maximum Gasteiger partial charge on any atom is 0.325 e. The van der Waals surface area contributed by atoms with E-state index in [2.05, 4.69) is 9.98 Å². The number of aliphatic carboxylic acids is 2. The van der Waals surface area contributed by atoms with E-state index in [0.717, 1.165) is 6.08 Å². The molecule has 0 radical (unpaired) electrons. The van der Waals surface area contributed by atoms with Crippen LogP contribution in [0, 0.1) is 5.41 Å². The van der Waals surface area contributed by atoms with Crippen LogP contribution < -0.4 is 0 Å². The van der Waals surface area contributed by atoms with E-state index < -0.39 is 17.4 Å². The summed E-state index contributed by atoms with van der Waals surface area (Å²) >= 11 is 0. The summed E-state index contributed by atoms with van der Waals surface area (Å²) in [5.74, 6) is -2.82. The van der Waals surface area contributed by atoms with Crippen molar-refractivity contribution in [2.24, 2.45) is 10.4 Å². The molecule has 1 aromatic rings. The number of pyridine rings is 1. The normalized spacial score (nSPS) is 16.1. The van der Waals surface area contributed by atoms with Crippen molar-refractivity contribution in [2.75, 3.05) is 0 Å². The maximum atomic E-state index is 11.2. The summed E-state index contributed by atoms with van der Waals surface area (Å²) < 4.78 is 0. The number of carboxylic acid groups (broad SMARTS) is 2. The van der Waals surface area contributed by atoms with Crippen molar-refractivity contribution in [3.63, 3.8) is 0 Å². The van der Waals surface area contributed by atoms with Gasteiger partial charge in [0.1, 0.15) is 0 Å². The maximum absolute atomic E-state index is 11.2. The van der Waals surface area contributed by atoms with E-state index >= 15 is 0 Å². The van der Waals surface area contributed by atoms with Gasteiger partial charge in [0.2, 0.25) is 0 Å². The Morgan fingerprint density at radius 1 is 1.21 bits per heavy atom. The van der Waals surface area contributed by atoms with Crippen LogP contribution >= 0.6 is 0 Å². The first-order chi connectivity index (χ1) is 8.56. The van der Waals surface area contributed by atoms with E-state index in [9.17, 15) is 9.59 Å². The molecule has 1 aliphatic heterocycles. The quantitative estimate of drug-likeness (QED) is 0.626. The molecule has 0 aromatic carbocycles. The standard InChI is InChI=1S/C12H10N2O4.Ru/c15-10(16)12(11(17)18)4-6-14-9(7-12)8-3-1-2-5-13-8;/h1-6H,7H2,(H,15,16)(H,17,18);. The van der Waals surface area contributed by atoms with Crippen molar-refractivity contribution in [3.05, 3.63) is 42.4 Å². The Morgan fingerprint density at radius 2 is 1.89 bits per heavy atom. The number of hydrogen-bond acceptors (Lipinski definition) is 4. The molecule has 2 heterocycles. The number of nitrogens with zero attached hydrogens (tertiary/aromatic N) is 2. The van der Waals surface area contributed by atoms with Crippen LogP contribution in [0.5, 0.6) is 0 Å². The first-order valence-corrected chi connectivity index (χ1v) is 5.19. The monoisotopic (exact) mass is 348 g/mol. The van der Waals surface area contributed by atoms with E-state index in [4.69, 9.17) is 10.2 Å². The van der Waals surface area contributed by atoms with Crippen LogP contribution in [0.1, 0.15) is 12.1 Å². The number of hydrogen-bond donors (Lipinski definition) is 2. The number of aliphatic imine (C=N–C) groups is 1. The van der Waals surface area contributed by atoms with Gasteiger partial charge in [0.05, 0.1) is 11.4 Å². The first kappa shape index (κ1) is 15.2. The molecule has 0 unspecified atom stereocenters. The van der Waals surface area contributed by atoms with Gasteiger partial charge in [0.15, 0.2) is 5.41 Å². The van der Waals surface area contributed by atoms with Crippen molar-refractivity contribution in [3.8, 4) is 0 Å². The Morgan fingerprint density at radius 3 is 2.42 bits per heavy atom. The fourth-order valence-electron chi connectivity index (χ4n) is 1.70. The molecule has 0 saturated heterocycles. The molecule has 1 aliphatic rings. The van der Waals surface area contributed by atoms with Crippen LogP contribution in [0.25, 0.3) is 0 Å². The second-order valence-electron chi connectivity index (χ2n) is 3.86. The largest absolute Gasteiger partial charge is 0.480 e. The zero-order valence-electron chi connectivity index (χ0n) is 9.63. The molecule has 2 N–H and O–H groups in total. The third kappa shape index (κ3) is 2.76. The molecule has 0 bridgehead atoms. The summed E-state index contributed by atoms with van der Waals surface area (Å²) in [6, 6.07) is 5.10. The second kappa shape index (κ2) is 5.84. The minimum Gasteiger partial charge on any atom is -0.480 e. The van der Waals surface area contributed by atoms with Crippen molar-refractivity contribution in [2.45, 2.75) is 6.42 Å². The van der Waals surface area contributed by atoms with Crippen LogP contribution in [0.4, 0.5) is 0 Å². The third-order valence-corrected chi connectivity index (χ3v) is 2.76. The van der Waals surface area contributed by atoms with Crippen LogP contribution in [0.3, 0.4) is 0 Å². The Labute approximate surface area is 121 Å². The summed E-state index contributed by atoms with van der Waals surface area (Å²) in [6.45, 7) is 0. The van der Waals surface area contributed by atoms with Gasteiger partial charge in [-0.05, 0) is 18.2 Å². The minimum atomic E-state index is -1.96. The number of carboxylic acids is 2. The molecule has 0 spiro atoms. The predicted octanol–water partition coefficient (Wildman–Crippen LogP) is 0.941. The predicted molar refractivity (Wildman–Crippen MR) is 62.2 cm³/mol. The van der Waals surface area contributed by atoms with Crippen LogP contribution in [-0.4, -0.2) is 32.8 Å². The summed E-state index contributed by atoms with van der Waals surface area (Å²) in [6.07, 6.45) is 3.62. The van der Waals surface area contributed by atoms with E-state index in [1.165, 1.54) is 6.20 Å². The molecule has 0 saturated carbocycles. The van der Waals surface area contributed by atoms with Gasteiger partial charge in [0, 0.05) is 38.3 Å². The van der Waals surface area contributed by atoms with E-state index in [0.29, 0.717) is 11.4 Å². The zero-order chi connectivity index (χ0) is 13.2. The van der Waals surface area contributed by atoms with Crippen LogP contribution in [0.15, 0.2) is 41.7 Å². The summed E-state index contributed by atoms with van der Waals surface area (Å²) in [7, 11) is 0. The Balaban J connectivity index is 0.00000180. The Kier molecular flexibility index (Phi) is 4.67. The Hall–Kier alpha value is -1.88. The average Bonchev–Trinajstić information content (AvgIpc) is 2.39. The van der Waals surface area contributed by atoms with E-state index in [-0.39, 0.29) is 25.9 Å². The van der Waals surface area contributed by atoms with Gasteiger partial charge < -0.3 is 10.2 Å². The molecule has 6 nitrogen and oxygen atoms in total. The third-order valence-electron chi connectivity index (χ3n) is 2.76. The van der Waals surface area contributed by atoms with Crippen molar-refractivity contribution >= 4 is 17.7 Å². The first-order valence-electron chi connectivity index (χ1n) is 5.19. The van der Waals surface area contributed by atoms with Gasteiger partial charge in [-0.15, -0.1) is 0 Å². The topological polar surface area (TPSA) is 99.8 Å². The molecular formula is C12H10N2O4Ru. The van der Waals surface area contributed by atoms with Gasteiger partial charge in [-0.3, -0.25) is 19.6 Å². The van der Waals surface area contributed by atoms with Gasteiger partial charge in [-0.1, -0.05) is 6.07 Å². The molecule has 0 aliphatic carbocycles. The van der Waals surface area contributed by atoms with Gasteiger partial charge in [-0.25, -0.2) is 0 Å². The molecular weight excluding hydrogens is 337 g/mol. The molecule has 1 aromatic heterocycles. The SMILES string of the molecule is O=C(O)C1(C(=O)O)C=CN=C(c2ccccn2)C1.[Ru]. The van der Waals surface area contributed by atoms with E-state index in [1.54, 1.807) is 24.4 Å². The summed E-state index contributed by atoms with van der Waals surface area (Å²) in [5.41, 5.74) is -1.13. The van der Waals surface area contributed by atoms with Crippen LogP contribution in [-0.2, 0) is 29.1 Å². The minimum absolute atomic E-state index is 0. The molecule has 2 rings (SSSR count). The fourth-order valence-corrected chi connectivity index (χ4v) is 1.70. The molecule has 0 atom stereocenters.